The number of aliphatic hydroxyl groups is 2. The predicted molar refractivity (Wildman–Crippen MR) is 54.6 cm³/mol. The van der Waals surface area contributed by atoms with Gasteiger partial charge in [0.1, 0.15) is 0 Å². The van der Waals surface area contributed by atoms with Gasteiger partial charge in [-0.25, -0.2) is 4.39 Å². The van der Waals surface area contributed by atoms with Gasteiger partial charge in [-0.15, -0.1) is 0 Å². The zero-order chi connectivity index (χ0) is 16.0. The lowest BCUT2D eigenvalue weighted by Crippen LogP contribution is -2.82. The van der Waals surface area contributed by atoms with Crippen molar-refractivity contribution >= 4 is 0 Å². The Morgan fingerprint density at radius 1 is 0.952 bits per heavy atom. The third-order valence-corrected chi connectivity index (χ3v) is 5.18. The van der Waals surface area contributed by atoms with E-state index in [1.807, 2.05) is 0 Å². The lowest BCUT2D eigenvalue weighted by atomic mass is 9.50. The van der Waals surface area contributed by atoms with Gasteiger partial charge >= 0.3 is 12.4 Å². The lowest BCUT2D eigenvalue weighted by molar-refractivity contribution is -0.441. The molecule has 120 valence electrons. The van der Waals surface area contributed by atoms with E-state index in [0.717, 1.165) is 0 Å². The molecule has 3 rings (SSSR count). The molecule has 6 atom stereocenters. The standard InChI is InChI=1S/C12H11F7O2/c13-9(10(21,11(14,15)16)12(17,18)19)7-5-2-1-4(3-5)6(7)8(9)20/h1-2,4-8,20-21H,3H2. The van der Waals surface area contributed by atoms with Gasteiger partial charge in [0.15, 0.2) is 5.67 Å². The highest BCUT2D eigenvalue weighted by molar-refractivity contribution is 5.33. The Bertz CT molecular complexity index is 483. The summed E-state index contributed by atoms with van der Waals surface area (Å²) < 4.78 is 91.9. The Balaban J connectivity index is 2.11. The molecule has 6 unspecified atom stereocenters. The number of alkyl halides is 7. The van der Waals surface area contributed by atoms with Gasteiger partial charge < -0.3 is 10.2 Å². The zero-order valence-electron chi connectivity index (χ0n) is 10.3. The number of hydrogen-bond acceptors (Lipinski definition) is 2. The van der Waals surface area contributed by atoms with Crippen LogP contribution in [0.2, 0.25) is 0 Å². The van der Waals surface area contributed by atoms with Crippen LogP contribution in [0.1, 0.15) is 6.42 Å². The van der Waals surface area contributed by atoms with E-state index in [1.54, 1.807) is 6.08 Å². The molecule has 0 aromatic rings. The van der Waals surface area contributed by atoms with Crippen LogP contribution in [0.4, 0.5) is 30.7 Å². The highest BCUT2D eigenvalue weighted by Gasteiger charge is 2.90. The van der Waals surface area contributed by atoms with Gasteiger partial charge in [0, 0.05) is 11.8 Å². The van der Waals surface area contributed by atoms with Crippen LogP contribution in [0.3, 0.4) is 0 Å². The number of aliphatic hydroxyl groups excluding tert-OH is 1. The summed E-state index contributed by atoms with van der Waals surface area (Å²) in [5.41, 5.74) is -9.76. The molecule has 2 nitrogen and oxygen atoms in total. The van der Waals surface area contributed by atoms with Gasteiger partial charge in [0.2, 0.25) is 0 Å². The molecule has 2 saturated carbocycles. The molecule has 0 radical (unpaired) electrons. The van der Waals surface area contributed by atoms with Crippen molar-refractivity contribution in [2.45, 2.75) is 36.1 Å². The summed E-state index contributed by atoms with van der Waals surface area (Å²) in [6.07, 6.45) is -11.9. The van der Waals surface area contributed by atoms with E-state index in [0.29, 0.717) is 0 Å². The molecule has 0 saturated heterocycles. The molecule has 9 heteroatoms. The summed E-state index contributed by atoms with van der Waals surface area (Å²) in [7, 11) is 0. The summed E-state index contributed by atoms with van der Waals surface area (Å²) in [6.45, 7) is 0. The van der Waals surface area contributed by atoms with Crippen LogP contribution in [-0.2, 0) is 0 Å². The minimum atomic E-state index is -6.28. The molecule has 0 spiro atoms. The highest BCUT2D eigenvalue weighted by Crippen LogP contribution is 2.70. The second-order valence-electron chi connectivity index (χ2n) is 5.97. The Labute approximate surface area is 114 Å². The van der Waals surface area contributed by atoms with Crippen molar-refractivity contribution in [1.29, 1.82) is 0 Å². The maximum atomic E-state index is 14.8. The summed E-state index contributed by atoms with van der Waals surface area (Å²) in [5, 5.41) is 19.0. The van der Waals surface area contributed by atoms with E-state index in [1.165, 1.54) is 6.08 Å². The first-order valence-electron chi connectivity index (χ1n) is 6.28. The van der Waals surface area contributed by atoms with Gasteiger partial charge in [0.25, 0.3) is 5.60 Å². The number of fused-ring (bicyclic) bond motifs is 5. The highest BCUT2D eigenvalue weighted by atomic mass is 19.4. The minimum absolute atomic E-state index is 0.198. The quantitative estimate of drug-likeness (QED) is 0.575. The number of rotatable bonds is 1. The van der Waals surface area contributed by atoms with Gasteiger partial charge in [-0.2, -0.15) is 26.3 Å². The fourth-order valence-corrected chi connectivity index (χ4v) is 4.29. The van der Waals surface area contributed by atoms with Crippen LogP contribution in [0.15, 0.2) is 12.2 Å². The Kier molecular flexibility index (Phi) is 2.68. The molecule has 2 fully saturated rings. The molecule has 0 aromatic heterocycles. The van der Waals surface area contributed by atoms with Gasteiger partial charge in [-0.1, -0.05) is 12.2 Å². The van der Waals surface area contributed by atoms with E-state index < -0.39 is 53.4 Å². The molecular formula is C12H11F7O2. The molecule has 2 bridgehead atoms. The van der Waals surface area contributed by atoms with Gasteiger partial charge in [-0.3, -0.25) is 0 Å². The van der Waals surface area contributed by atoms with Crippen LogP contribution in [-0.4, -0.2) is 39.9 Å². The number of halogens is 7. The van der Waals surface area contributed by atoms with E-state index >= 15 is 0 Å². The van der Waals surface area contributed by atoms with Crippen LogP contribution in [0.25, 0.3) is 0 Å². The van der Waals surface area contributed by atoms with Gasteiger partial charge in [0.05, 0.1) is 6.10 Å². The maximum absolute atomic E-state index is 14.8. The summed E-state index contributed by atoms with van der Waals surface area (Å²) in [5.74, 6) is -3.97. The minimum Gasteiger partial charge on any atom is -0.389 e. The fourth-order valence-electron chi connectivity index (χ4n) is 4.29. The number of hydrogen-bond donors (Lipinski definition) is 2. The Morgan fingerprint density at radius 3 is 1.90 bits per heavy atom. The molecule has 3 aliphatic rings. The maximum Gasteiger partial charge on any atom is 0.429 e. The first-order valence-corrected chi connectivity index (χ1v) is 6.28. The third kappa shape index (κ3) is 1.42. The topological polar surface area (TPSA) is 40.5 Å². The smallest absolute Gasteiger partial charge is 0.389 e. The van der Waals surface area contributed by atoms with Crippen LogP contribution < -0.4 is 0 Å². The van der Waals surface area contributed by atoms with Crippen molar-refractivity contribution < 1.29 is 40.9 Å². The lowest BCUT2D eigenvalue weighted by Gasteiger charge is -2.60. The average Bonchev–Trinajstić information content (AvgIpc) is 2.91. The summed E-state index contributed by atoms with van der Waals surface area (Å²) in [6, 6.07) is 0. The van der Waals surface area contributed by atoms with E-state index in [2.05, 4.69) is 0 Å². The molecule has 0 aliphatic heterocycles. The van der Waals surface area contributed by atoms with Crippen molar-refractivity contribution in [2.24, 2.45) is 23.7 Å². The Hall–Kier alpha value is -0.830. The molecule has 21 heavy (non-hydrogen) atoms. The van der Waals surface area contributed by atoms with Crippen molar-refractivity contribution in [2.75, 3.05) is 0 Å². The van der Waals surface area contributed by atoms with Crippen molar-refractivity contribution in [3.63, 3.8) is 0 Å². The molecule has 3 aliphatic carbocycles. The van der Waals surface area contributed by atoms with E-state index in [9.17, 15) is 40.9 Å². The molecule has 2 N–H and O–H groups in total. The SMILES string of the molecule is OC1C2C3C=CC(C3)C2C1(F)C(O)(C(F)(F)F)C(F)(F)F. The van der Waals surface area contributed by atoms with E-state index in [4.69, 9.17) is 0 Å². The zero-order valence-corrected chi connectivity index (χ0v) is 10.3. The molecule has 0 heterocycles. The second kappa shape index (κ2) is 3.73. The first-order chi connectivity index (χ1) is 9.37. The first kappa shape index (κ1) is 15.1. The average molecular weight is 320 g/mol. The monoisotopic (exact) mass is 320 g/mol. The van der Waals surface area contributed by atoms with Crippen molar-refractivity contribution in [3.05, 3.63) is 12.2 Å². The van der Waals surface area contributed by atoms with Crippen LogP contribution in [0.5, 0.6) is 0 Å². The van der Waals surface area contributed by atoms with Crippen LogP contribution in [0, 0.1) is 23.7 Å². The fraction of sp³-hybridized carbons (Fsp3) is 0.833. The Morgan fingerprint density at radius 2 is 1.43 bits per heavy atom. The van der Waals surface area contributed by atoms with Crippen LogP contribution >= 0.6 is 0 Å². The molecule has 0 aromatic carbocycles. The summed E-state index contributed by atoms with van der Waals surface area (Å²) >= 11 is 0. The van der Waals surface area contributed by atoms with E-state index in [-0.39, 0.29) is 6.42 Å². The number of allylic oxidation sites excluding steroid dienone is 2. The third-order valence-electron chi connectivity index (χ3n) is 5.18. The van der Waals surface area contributed by atoms with Crippen molar-refractivity contribution in [1.82, 2.24) is 0 Å². The predicted octanol–water partition coefficient (Wildman–Crippen LogP) is 2.36. The molecular weight excluding hydrogens is 309 g/mol. The van der Waals surface area contributed by atoms with Gasteiger partial charge in [-0.05, 0) is 18.3 Å². The second-order valence-corrected chi connectivity index (χ2v) is 5.97. The molecule has 0 amide bonds. The normalized spacial score (nSPS) is 45.7. The largest absolute Gasteiger partial charge is 0.429 e. The summed E-state index contributed by atoms with van der Waals surface area (Å²) in [4.78, 5) is 0. The van der Waals surface area contributed by atoms with Crippen molar-refractivity contribution in [3.8, 4) is 0 Å².